The zero-order valence-electron chi connectivity index (χ0n) is 14.7. The Hall–Kier alpha value is -2.02. The van der Waals surface area contributed by atoms with Gasteiger partial charge in [0, 0.05) is 10.7 Å². The molecule has 1 amide bonds. The molecule has 0 radical (unpaired) electrons. The fraction of sp³-hybridized carbons (Fsp3) is 0.211. The third-order valence-electron chi connectivity index (χ3n) is 3.75. The Bertz CT molecular complexity index is 960. The van der Waals surface area contributed by atoms with Crippen molar-refractivity contribution in [3.8, 4) is 11.5 Å². The molecule has 27 heavy (non-hydrogen) atoms. The molecule has 1 aromatic heterocycles. The van der Waals surface area contributed by atoms with Crippen molar-refractivity contribution in [1.29, 1.82) is 0 Å². The Morgan fingerprint density at radius 3 is 2.70 bits per heavy atom. The van der Waals surface area contributed by atoms with Crippen LogP contribution in [0.2, 0.25) is 10.0 Å². The molecule has 0 aliphatic carbocycles. The molecule has 8 heteroatoms. The average molecular weight is 422 g/mol. The second kappa shape index (κ2) is 8.78. The van der Waals surface area contributed by atoms with Crippen LogP contribution >= 0.6 is 35.0 Å². The minimum Gasteiger partial charge on any atom is -0.411 e. The van der Waals surface area contributed by atoms with E-state index in [0.29, 0.717) is 26.7 Å². The number of amides is 1. The van der Waals surface area contributed by atoms with E-state index < -0.39 is 0 Å². The van der Waals surface area contributed by atoms with Crippen molar-refractivity contribution in [3.05, 3.63) is 58.1 Å². The maximum atomic E-state index is 12.3. The Balaban J connectivity index is 1.63. The van der Waals surface area contributed by atoms with Crippen molar-refractivity contribution < 1.29 is 9.21 Å². The van der Waals surface area contributed by atoms with Gasteiger partial charge in [0.25, 0.3) is 5.22 Å². The number of nitrogens with zero attached hydrogens (tertiary/aromatic N) is 2. The number of benzene rings is 2. The Labute approximate surface area is 171 Å². The summed E-state index contributed by atoms with van der Waals surface area (Å²) >= 11 is 13.2. The number of thioether (sulfide) groups is 1. The van der Waals surface area contributed by atoms with Crippen molar-refractivity contribution >= 4 is 46.6 Å². The topological polar surface area (TPSA) is 68.0 Å². The Morgan fingerprint density at radius 2 is 1.96 bits per heavy atom. The molecule has 0 unspecified atom stereocenters. The van der Waals surface area contributed by atoms with E-state index in [0.717, 1.165) is 11.3 Å². The van der Waals surface area contributed by atoms with Crippen LogP contribution in [0, 0.1) is 0 Å². The molecule has 1 heterocycles. The molecule has 0 fully saturated rings. The lowest BCUT2D eigenvalue weighted by atomic mass is 10.0. The van der Waals surface area contributed by atoms with Gasteiger partial charge in [-0.05, 0) is 35.7 Å². The molecule has 0 saturated carbocycles. The van der Waals surface area contributed by atoms with Crippen molar-refractivity contribution in [3.63, 3.8) is 0 Å². The van der Waals surface area contributed by atoms with E-state index >= 15 is 0 Å². The van der Waals surface area contributed by atoms with Gasteiger partial charge in [-0.1, -0.05) is 67.0 Å². The largest absolute Gasteiger partial charge is 0.411 e. The van der Waals surface area contributed by atoms with Gasteiger partial charge in [0.05, 0.1) is 16.3 Å². The SMILES string of the molecule is CC(C)c1ccccc1NC(=O)CSc1nnc(-c2ccc(Cl)cc2Cl)o1. The van der Waals surface area contributed by atoms with Gasteiger partial charge in [-0.2, -0.15) is 0 Å². The van der Waals surface area contributed by atoms with Crippen LogP contribution in [0.25, 0.3) is 11.5 Å². The van der Waals surface area contributed by atoms with Crippen LogP contribution in [0.5, 0.6) is 0 Å². The lowest BCUT2D eigenvalue weighted by Crippen LogP contribution is -2.15. The van der Waals surface area contributed by atoms with E-state index in [9.17, 15) is 4.79 Å². The minimum absolute atomic E-state index is 0.141. The molecule has 5 nitrogen and oxygen atoms in total. The summed E-state index contributed by atoms with van der Waals surface area (Å²) in [4.78, 5) is 12.3. The average Bonchev–Trinajstić information content (AvgIpc) is 3.09. The number of carbonyl (C=O) groups excluding carboxylic acids is 1. The van der Waals surface area contributed by atoms with Gasteiger partial charge in [0.15, 0.2) is 0 Å². The van der Waals surface area contributed by atoms with Crippen LogP contribution in [0.4, 0.5) is 5.69 Å². The van der Waals surface area contributed by atoms with Crippen LogP contribution < -0.4 is 5.32 Å². The number of hydrogen-bond donors (Lipinski definition) is 1. The first-order valence-corrected chi connectivity index (χ1v) is 9.98. The molecular weight excluding hydrogens is 405 g/mol. The lowest BCUT2D eigenvalue weighted by Gasteiger charge is -2.13. The van der Waals surface area contributed by atoms with Crippen LogP contribution in [0.3, 0.4) is 0 Å². The first-order valence-electron chi connectivity index (χ1n) is 8.24. The van der Waals surface area contributed by atoms with Gasteiger partial charge in [-0.25, -0.2) is 0 Å². The fourth-order valence-corrected chi connectivity index (χ4v) is 3.52. The highest BCUT2D eigenvalue weighted by molar-refractivity contribution is 7.99. The monoisotopic (exact) mass is 421 g/mol. The van der Waals surface area contributed by atoms with Crippen molar-refractivity contribution in [2.45, 2.75) is 25.0 Å². The summed E-state index contributed by atoms with van der Waals surface area (Å²) in [6.07, 6.45) is 0. The van der Waals surface area contributed by atoms with Crippen molar-refractivity contribution in [2.24, 2.45) is 0 Å². The van der Waals surface area contributed by atoms with E-state index in [1.165, 1.54) is 11.8 Å². The summed E-state index contributed by atoms with van der Waals surface area (Å²) in [7, 11) is 0. The Kier molecular flexibility index (Phi) is 6.42. The molecule has 3 aromatic rings. The smallest absolute Gasteiger partial charge is 0.277 e. The Morgan fingerprint density at radius 1 is 1.19 bits per heavy atom. The summed E-state index contributed by atoms with van der Waals surface area (Å²) in [5, 5.41) is 12.1. The quantitative estimate of drug-likeness (QED) is 0.501. The molecule has 0 bridgehead atoms. The van der Waals surface area contributed by atoms with Crippen LogP contribution in [-0.2, 0) is 4.79 Å². The minimum atomic E-state index is -0.141. The van der Waals surface area contributed by atoms with E-state index in [1.54, 1.807) is 18.2 Å². The zero-order chi connectivity index (χ0) is 19.4. The molecule has 0 saturated heterocycles. The van der Waals surface area contributed by atoms with Crippen LogP contribution in [0.15, 0.2) is 52.1 Å². The molecule has 2 aromatic carbocycles. The normalized spacial score (nSPS) is 11.0. The number of para-hydroxylation sites is 1. The summed E-state index contributed by atoms with van der Waals surface area (Å²) in [5.41, 5.74) is 2.50. The summed E-state index contributed by atoms with van der Waals surface area (Å²) in [6, 6.07) is 12.8. The highest BCUT2D eigenvalue weighted by atomic mass is 35.5. The second-order valence-electron chi connectivity index (χ2n) is 6.08. The number of hydrogen-bond acceptors (Lipinski definition) is 5. The van der Waals surface area contributed by atoms with Crippen molar-refractivity contribution in [1.82, 2.24) is 10.2 Å². The highest BCUT2D eigenvalue weighted by Gasteiger charge is 2.15. The van der Waals surface area contributed by atoms with Gasteiger partial charge >= 0.3 is 0 Å². The van der Waals surface area contributed by atoms with Crippen molar-refractivity contribution in [2.75, 3.05) is 11.1 Å². The summed E-state index contributed by atoms with van der Waals surface area (Å²) < 4.78 is 5.59. The van der Waals surface area contributed by atoms with E-state index in [4.69, 9.17) is 27.6 Å². The lowest BCUT2D eigenvalue weighted by molar-refractivity contribution is -0.113. The third-order valence-corrected chi connectivity index (χ3v) is 5.12. The van der Waals surface area contributed by atoms with Gasteiger partial charge < -0.3 is 9.73 Å². The molecule has 140 valence electrons. The number of halogens is 2. The number of aromatic nitrogens is 2. The molecule has 0 spiro atoms. The molecule has 0 aliphatic rings. The number of nitrogens with one attached hydrogen (secondary N) is 1. The predicted molar refractivity (Wildman–Crippen MR) is 110 cm³/mol. The zero-order valence-corrected chi connectivity index (χ0v) is 17.0. The molecular formula is C19H17Cl2N3O2S. The maximum absolute atomic E-state index is 12.3. The molecule has 0 aliphatic heterocycles. The third kappa shape index (κ3) is 5.03. The van der Waals surface area contributed by atoms with Crippen LogP contribution in [0.1, 0.15) is 25.3 Å². The standard InChI is InChI=1S/C19H17Cl2N3O2S/c1-11(2)13-5-3-4-6-16(13)22-17(25)10-27-19-24-23-18(26-19)14-8-7-12(20)9-15(14)21/h3-9,11H,10H2,1-2H3,(H,22,25). The summed E-state index contributed by atoms with van der Waals surface area (Å²) in [6.45, 7) is 4.17. The molecule has 3 rings (SSSR count). The van der Waals surface area contributed by atoms with E-state index in [2.05, 4.69) is 29.4 Å². The molecule has 0 atom stereocenters. The number of rotatable bonds is 6. The van der Waals surface area contributed by atoms with Gasteiger partial charge in [-0.3, -0.25) is 4.79 Å². The highest BCUT2D eigenvalue weighted by Crippen LogP contribution is 2.31. The van der Waals surface area contributed by atoms with Gasteiger partial charge in [0.2, 0.25) is 11.8 Å². The van der Waals surface area contributed by atoms with Gasteiger partial charge in [0.1, 0.15) is 0 Å². The second-order valence-corrected chi connectivity index (χ2v) is 7.85. The van der Waals surface area contributed by atoms with Crippen LogP contribution in [-0.4, -0.2) is 21.9 Å². The van der Waals surface area contributed by atoms with E-state index in [-0.39, 0.29) is 17.6 Å². The fourth-order valence-electron chi connectivity index (χ4n) is 2.47. The number of carbonyl (C=O) groups is 1. The maximum Gasteiger partial charge on any atom is 0.277 e. The van der Waals surface area contributed by atoms with Gasteiger partial charge in [-0.15, -0.1) is 10.2 Å². The first-order chi connectivity index (χ1) is 12.9. The summed E-state index contributed by atoms with van der Waals surface area (Å²) in [5.74, 6) is 0.612. The van der Waals surface area contributed by atoms with E-state index in [1.807, 2.05) is 24.3 Å². The first kappa shape index (κ1) is 19.7. The molecule has 1 N–H and O–H groups in total. The number of anilines is 1. The predicted octanol–water partition coefficient (Wildman–Crippen LogP) is 5.90.